The van der Waals surface area contributed by atoms with Gasteiger partial charge in [-0.1, -0.05) is 27.5 Å². The minimum atomic E-state index is -0.343. The highest BCUT2D eigenvalue weighted by atomic mass is 79.9. The Balaban J connectivity index is 2.28. The van der Waals surface area contributed by atoms with Gasteiger partial charge >= 0.3 is 5.97 Å². The van der Waals surface area contributed by atoms with Crippen LogP contribution >= 0.6 is 27.5 Å². The van der Waals surface area contributed by atoms with Crippen LogP contribution in [0.2, 0.25) is 5.02 Å². The van der Waals surface area contributed by atoms with E-state index in [1.807, 2.05) is 0 Å². The maximum absolute atomic E-state index is 11.5. The third-order valence-corrected chi connectivity index (χ3v) is 3.00. The Hall–Kier alpha value is -1.27. The van der Waals surface area contributed by atoms with Gasteiger partial charge in [-0.15, -0.1) is 0 Å². The first-order valence-electron chi connectivity index (χ1n) is 6.03. The lowest BCUT2D eigenvalue weighted by Crippen LogP contribution is -2.31. The van der Waals surface area contributed by atoms with Gasteiger partial charge in [-0.3, -0.25) is 9.59 Å². The van der Waals surface area contributed by atoms with Gasteiger partial charge in [0.1, 0.15) is 5.75 Å². The first-order chi connectivity index (χ1) is 9.52. The van der Waals surface area contributed by atoms with E-state index in [1.54, 1.807) is 25.1 Å². The summed E-state index contributed by atoms with van der Waals surface area (Å²) in [5.74, 6) is -0.242. The van der Waals surface area contributed by atoms with E-state index in [-0.39, 0.29) is 31.4 Å². The van der Waals surface area contributed by atoms with E-state index >= 15 is 0 Å². The molecule has 0 saturated heterocycles. The molecule has 110 valence electrons. The molecule has 0 aliphatic carbocycles. The zero-order chi connectivity index (χ0) is 15.0. The van der Waals surface area contributed by atoms with Gasteiger partial charge in [-0.25, -0.2) is 0 Å². The number of carbonyl (C=O) groups excluding carboxylic acids is 2. The molecule has 0 spiro atoms. The standard InChI is InChI=1S/C13H15BrClNO4/c1-2-19-13(18)5-6-16-12(17)8-20-11-4-3-9(14)7-10(11)15/h3-4,7H,2,5-6,8H2,1H3,(H,16,17). The fourth-order valence-electron chi connectivity index (χ4n) is 1.32. The molecule has 1 aromatic carbocycles. The summed E-state index contributed by atoms with van der Waals surface area (Å²) in [7, 11) is 0. The van der Waals surface area contributed by atoms with Crippen LogP contribution in [-0.4, -0.2) is 31.6 Å². The van der Waals surface area contributed by atoms with Crippen LogP contribution in [0.3, 0.4) is 0 Å². The van der Waals surface area contributed by atoms with E-state index in [9.17, 15) is 9.59 Å². The van der Waals surface area contributed by atoms with Crippen molar-refractivity contribution in [2.24, 2.45) is 0 Å². The van der Waals surface area contributed by atoms with Crippen molar-refractivity contribution < 1.29 is 19.1 Å². The van der Waals surface area contributed by atoms with E-state index in [2.05, 4.69) is 21.2 Å². The minimum Gasteiger partial charge on any atom is -0.482 e. The highest BCUT2D eigenvalue weighted by Gasteiger charge is 2.07. The molecule has 0 atom stereocenters. The van der Waals surface area contributed by atoms with Gasteiger partial charge in [0.25, 0.3) is 5.91 Å². The smallest absolute Gasteiger partial charge is 0.307 e. The molecule has 1 N–H and O–H groups in total. The van der Waals surface area contributed by atoms with Crippen molar-refractivity contribution in [2.45, 2.75) is 13.3 Å². The largest absolute Gasteiger partial charge is 0.482 e. The highest BCUT2D eigenvalue weighted by Crippen LogP contribution is 2.27. The summed E-state index contributed by atoms with van der Waals surface area (Å²) in [6.07, 6.45) is 0.138. The number of halogens is 2. The summed E-state index contributed by atoms with van der Waals surface area (Å²) in [4.78, 5) is 22.5. The number of amides is 1. The predicted molar refractivity (Wildman–Crippen MR) is 78.9 cm³/mol. The van der Waals surface area contributed by atoms with Crippen LogP contribution in [-0.2, 0) is 14.3 Å². The fraction of sp³-hybridized carbons (Fsp3) is 0.385. The number of hydrogen-bond donors (Lipinski definition) is 1. The molecule has 0 aliphatic heterocycles. The average molecular weight is 365 g/mol. The number of nitrogens with one attached hydrogen (secondary N) is 1. The van der Waals surface area contributed by atoms with Gasteiger partial charge in [-0.2, -0.15) is 0 Å². The molecule has 0 saturated carbocycles. The van der Waals surface area contributed by atoms with Crippen LogP contribution in [0.15, 0.2) is 22.7 Å². The lowest BCUT2D eigenvalue weighted by Gasteiger charge is -2.08. The molecule has 0 unspecified atom stereocenters. The topological polar surface area (TPSA) is 64.6 Å². The molecule has 0 heterocycles. The van der Waals surface area contributed by atoms with Gasteiger partial charge in [-0.05, 0) is 25.1 Å². The van der Waals surface area contributed by atoms with E-state index in [0.29, 0.717) is 17.4 Å². The van der Waals surface area contributed by atoms with Crippen LogP contribution in [0.1, 0.15) is 13.3 Å². The summed E-state index contributed by atoms with van der Waals surface area (Å²) in [5.41, 5.74) is 0. The van der Waals surface area contributed by atoms with Crippen molar-refractivity contribution in [2.75, 3.05) is 19.8 Å². The number of ether oxygens (including phenoxy) is 2. The molecular weight excluding hydrogens is 350 g/mol. The van der Waals surface area contributed by atoms with Crippen molar-refractivity contribution in [3.63, 3.8) is 0 Å². The SMILES string of the molecule is CCOC(=O)CCNC(=O)COc1ccc(Br)cc1Cl. The second-order valence-corrected chi connectivity index (χ2v) is 5.09. The first-order valence-corrected chi connectivity index (χ1v) is 7.20. The summed E-state index contributed by atoms with van der Waals surface area (Å²) in [6, 6.07) is 5.10. The summed E-state index contributed by atoms with van der Waals surface area (Å²) < 4.78 is 10.8. The molecule has 5 nitrogen and oxygen atoms in total. The molecule has 1 amide bonds. The van der Waals surface area contributed by atoms with E-state index in [4.69, 9.17) is 21.1 Å². The van der Waals surface area contributed by atoms with Gasteiger partial charge < -0.3 is 14.8 Å². The lowest BCUT2D eigenvalue weighted by atomic mass is 10.3. The molecule has 0 aliphatic rings. The van der Waals surface area contributed by atoms with Crippen molar-refractivity contribution in [1.29, 1.82) is 0 Å². The van der Waals surface area contributed by atoms with Crippen LogP contribution in [0.25, 0.3) is 0 Å². The Bertz CT molecular complexity index is 481. The second kappa shape index (κ2) is 8.81. The maximum atomic E-state index is 11.5. The van der Waals surface area contributed by atoms with E-state index in [0.717, 1.165) is 4.47 Å². The van der Waals surface area contributed by atoms with Crippen molar-refractivity contribution >= 4 is 39.4 Å². The zero-order valence-corrected chi connectivity index (χ0v) is 13.3. The Morgan fingerprint density at radius 2 is 2.15 bits per heavy atom. The monoisotopic (exact) mass is 363 g/mol. The van der Waals surface area contributed by atoms with Crippen molar-refractivity contribution in [3.05, 3.63) is 27.7 Å². The minimum absolute atomic E-state index is 0.138. The van der Waals surface area contributed by atoms with Crippen molar-refractivity contribution in [1.82, 2.24) is 5.32 Å². The lowest BCUT2D eigenvalue weighted by molar-refractivity contribution is -0.143. The number of benzene rings is 1. The Morgan fingerprint density at radius 3 is 2.80 bits per heavy atom. The number of esters is 1. The number of hydrogen-bond acceptors (Lipinski definition) is 4. The van der Waals surface area contributed by atoms with Crippen molar-refractivity contribution in [3.8, 4) is 5.75 Å². The van der Waals surface area contributed by atoms with Gasteiger partial charge in [0.15, 0.2) is 6.61 Å². The summed E-state index contributed by atoms with van der Waals surface area (Å²) in [6.45, 7) is 2.11. The molecule has 20 heavy (non-hydrogen) atoms. The molecule has 1 aromatic rings. The average Bonchev–Trinajstić information content (AvgIpc) is 2.38. The van der Waals surface area contributed by atoms with Gasteiger partial charge in [0.05, 0.1) is 18.1 Å². The third kappa shape index (κ3) is 6.25. The molecule has 1 rings (SSSR count). The van der Waals surface area contributed by atoms with Crippen LogP contribution in [0, 0.1) is 0 Å². The van der Waals surface area contributed by atoms with E-state index in [1.165, 1.54) is 0 Å². The van der Waals surface area contributed by atoms with Gasteiger partial charge in [0.2, 0.25) is 0 Å². The van der Waals surface area contributed by atoms with E-state index < -0.39 is 0 Å². The molecule has 0 fully saturated rings. The highest BCUT2D eigenvalue weighted by molar-refractivity contribution is 9.10. The molecular formula is C13H15BrClNO4. The Labute approximate surface area is 130 Å². The first kappa shape index (κ1) is 16.8. The van der Waals surface area contributed by atoms with Gasteiger partial charge in [0, 0.05) is 11.0 Å². The summed E-state index contributed by atoms with van der Waals surface area (Å²) >= 11 is 9.22. The predicted octanol–water partition coefficient (Wildman–Crippen LogP) is 2.55. The quantitative estimate of drug-likeness (QED) is 0.755. The van der Waals surface area contributed by atoms with Crippen LogP contribution in [0.4, 0.5) is 0 Å². The summed E-state index contributed by atoms with van der Waals surface area (Å²) in [5, 5.41) is 2.97. The fourth-order valence-corrected chi connectivity index (χ4v) is 2.05. The maximum Gasteiger partial charge on any atom is 0.307 e. The molecule has 0 bridgehead atoms. The normalized spacial score (nSPS) is 9.95. The second-order valence-electron chi connectivity index (χ2n) is 3.77. The Morgan fingerprint density at radius 1 is 1.40 bits per heavy atom. The Kier molecular flexibility index (Phi) is 7.40. The number of rotatable bonds is 7. The number of carbonyl (C=O) groups is 2. The third-order valence-electron chi connectivity index (χ3n) is 2.21. The molecule has 0 radical (unpaired) electrons. The van der Waals surface area contributed by atoms with Crippen LogP contribution in [0.5, 0.6) is 5.75 Å². The molecule has 0 aromatic heterocycles. The van der Waals surface area contributed by atoms with Crippen LogP contribution < -0.4 is 10.1 Å². The zero-order valence-electron chi connectivity index (χ0n) is 10.9. The molecule has 7 heteroatoms.